The Kier molecular flexibility index (Phi) is 4.59. The van der Waals surface area contributed by atoms with Gasteiger partial charge in [0.1, 0.15) is 0 Å². The Morgan fingerprint density at radius 1 is 1.36 bits per heavy atom. The van der Waals surface area contributed by atoms with Crippen molar-refractivity contribution < 1.29 is 0 Å². The SMILES string of the molecule is CC(C)=NC(C)CC1CCN(C)CC1. The average Bonchev–Trinajstić information content (AvgIpc) is 2.07. The lowest BCUT2D eigenvalue weighted by molar-refractivity contribution is 0.207. The van der Waals surface area contributed by atoms with Crippen LogP contribution < -0.4 is 0 Å². The molecule has 1 aliphatic heterocycles. The van der Waals surface area contributed by atoms with E-state index in [4.69, 9.17) is 0 Å². The molecule has 0 aromatic heterocycles. The van der Waals surface area contributed by atoms with E-state index in [1.807, 2.05) is 0 Å². The number of rotatable bonds is 3. The zero-order valence-corrected chi connectivity index (χ0v) is 10.1. The van der Waals surface area contributed by atoms with Crippen LogP contribution >= 0.6 is 0 Å². The Labute approximate surface area is 88.4 Å². The first-order chi connectivity index (χ1) is 6.58. The summed E-state index contributed by atoms with van der Waals surface area (Å²) in [6, 6.07) is 0.522. The first-order valence-electron chi connectivity index (χ1n) is 5.77. The van der Waals surface area contributed by atoms with Crippen molar-refractivity contribution in [3.05, 3.63) is 0 Å². The molecule has 2 heteroatoms. The van der Waals surface area contributed by atoms with Crippen molar-refractivity contribution in [2.45, 2.75) is 46.1 Å². The van der Waals surface area contributed by atoms with Crippen LogP contribution in [-0.2, 0) is 0 Å². The Morgan fingerprint density at radius 2 is 1.93 bits per heavy atom. The maximum Gasteiger partial charge on any atom is 0.0473 e. The van der Waals surface area contributed by atoms with Crippen LogP contribution in [0.2, 0.25) is 0 Å². The lowest BCUT2D eigenvalue weighted by Gasteiger charge is -2.29. The fourth-order valence-electron chi connectivity index (χ4n) is 2.27. The minimum atomic E-state index is 0.522. The third kappa shape index (κ3) is 4.23. The molecule has 82 valence electrons. The predicted molar refractivity (Wildman–Crippen MR) is 63.1 cm³/mol. The maximum atomic E-state index is 4.59. The lowest BCUT2D eigenvalue weighted by atomic mass is 9.91. The molecule has 14 heavy (non-hydrogen) atoms. The van der Waals surface area contributed by atoms with E-state index in [0.717, 1.165) is 5.92 Å². The normalized spacial score (nSPS) is 22.0. The van der Waals surface area contributed by atoms with Gasteiger partial charge in [-0.15, -0.1) is 0 Å². The van der Waals surface area contributed by atoms with Gasteiger partial charge < -0.3 is 4.90 Å². The van der Waals surface area contributed by atoms with Gasteiger partial charge in [-0.2, -0.15) is 0 Å². The largest absolute Gasteiger partial charge is 0.306 e. The molecule has 0 spiro atoms. The Morgan fingerprint density at radius 3 is 2.43 bits per heavy atom. The zero-order valence-electron chi connectivity index (χ0n) is 10.1. The highest BCUT2D eigenvalue weighted by Crippen LogP contribution is 2.21. The van der Waals surface area contributed by atoms with E-state index in [1.165, 1.54) is 38.1 Å². The molecule has 1 rings (SSSR count). The second-order valence-electron chi connectivity index (χ2n) is 4.91. The second kappa shape index (κ2) is 5.50. The van der Waals surface area contributed by atoms with E-state index in [1.54, 1.807) is 0 Å². The van der Waals surface area contributed by atoms with Crippen LogP contribution in [0.4, 0.5) is 0 Å². The molecule has 1 atom stereocenters. The van der Waals surface area contributed by atoms with E-state index >= 15 is 0 Å². The lowest BCUT2D eigenvalue weighted by Crippen LogP contribution is -2.31. The summed E-state index contributed by atoms with van der Waals surface area (Å²) in [5, 5.41) is 0. The number of likely N-dealkylation sites (tertiary alicyclic amines) is 1. The van der Waals surface area contributed by atoms with Gasteiger partial charge in [0.2, 0.25) is 0 Å². The number of aliphatic imine (C=N–C) groups is 1. The highest BCUT2D eigenvalue weighted by Gasteiger charge is 2.18. The van der Waals surface area contributed by atoms with Gasteiger partial charge in [-0.05, 0) is 66.1 Å². The Hall–Kier alpha value is -0.370. The molecule has 0 N–H and O–H groups in total. The number of nitrogens with zero attached hydrogens (tertiary/aromatic N) is 2. The van der Waals surface area contributed by atoms with Crippen molar-refractivity contribution in [3.8, 4) is 0 Å². The monoisotopic (exact) mass is 196 g/mol. The Balaban J connectivity index is 2.27. The first-order valence-corrected chi connectivity index (χ1v) is 5.77. The van der Waals surface area contributed by atoms with Gasteiger partial charge in [-0.3, -0.25) is 4.99 Å². The maximum absolute atomic E-state index is 4.59. The molecule has 0 aromatic carbocycles. The molecule has 1 aliphatic rings. The van der Waals surface area contributed by atoms with Crippen LogP contribution in [0.25, 0.3) is 0 Å². The second-order valence-corrected chi connectivity index (χ2v) is 4.91. The fourth-order valence-corrected chi connectivity index (χ4v) is 2.27. The molecule has 0 amide bonds. The number of piperidine rings is 1. The first kappa shape index (κ1) is 11.7. The summed E-state index contributed by atoms with van der Waals surface area (Å²) in [6.45, 7) is 8.96. The fraction of sp³-hybridized carbons (Fsp3) is 0.917. The van der Waals surface area contributed by atoms with Crippen molar-refractivity contribution in [1.82, 2.24) is 4.90 Å². The molecule has 0 aromatic rings. The van der Waals surface area contributed by atoms with Crippen LogP contribution in [-0.4, -0.2) is 36.8 Å². The molecule has 0 bridgehead atoms. The van der Waals surface area contributed by atoms with E-state index in [-0.39, 0.29) is 0 Å². The number of hydrogen-bond acceptors (Lipinski definition) is 2. The zero-order chi connectivity index (χ0) is 10.6. The number of hydrogen-bond donors (Lipinski definition) is 0. The smallest absolute Gasteiger partial charge is 0.0473 e. The minimum absolute atomic E-state index is 0.522. The summed E-state index contributed by atoms with van der Waals surface area (Å²) >= 11 is 0. The van der Waals surface area contributed by atoms with Gasteiger partial charge in [0, 0.05) is 11.8 Å². The molecular weight excluding hydrogens is 172 g/mol. The standard InChI is InChI=1S/C12H24N2/c1-10(2)13-11(3)9-12-5-7-14(4)8-6-12/h11-12H,5-9H2,1-4H3. The van der Waals surface area contributed by atoms with Crippen LogP contribution in [0.3, 0.4) is 0 Å². The molecule has 1 saturated heterocycles. The van der Waals surface area contributed by atoms with Crippen molar-refractivity contribution in [2.24, 2.45) is 10.9 Å². The van der Waals surface area contributed by atoms with Gasteiger partial charge in [0.05, 0.1) is 0 Å². The van der Waals surface area contributed by atoms with Crippen molar-refractivity contribution in [2.75, 3.05) is 20.1 Å². The summed E-state index contributed by atoms with van der Waals surface area (Å²) in [5.41, 5.74) is 1.21. The summed E-state index contributed by atoms with van der Waals surface area (Å²) < 4.78 is 0. The molecule has 1 fully saturated rings. The van der Waals surface area contributed by atoms with E-state index in [0.29, 0.717) is 6.04 Å². The summed E-state index contributed by atoms with van der Waals surface area (Å²) in [6.07, 6.45) is 4.00. The summed E-state index contributed by atoms with van der Waals surface area (Å²) in [4.78, 5) is 7.02. The summed E-state index contributed by atoms with van der Waals surface area (Å²) in [7, 11) is 2.22. The summed E-state index contributed by atoms with van der Waals surface area (Å²) in [5.74, 6) is 0.907. The molecule has 0 radical (unpaired) electrons. The molecule has 0 saturated carbocycles. The van der Waals surface area contributed by atoms with Crippen molar-refractivity contribution >= 4 is 5.71 Å². The third-order valence-corrected chi connectivity index (χ3v) is 2.99. The van der Waals surface area contributed by atoms with Crippen LogP contribution in [0, 0.1) is 5.92 Å². The predicted octanol–water partition coefficient (Wildman–Crippen LogP) is 2.59. The van der Waals surface area contributed by atoms with Gasteiger partial charge in [0.15, 0.2) is 0 Å². The van der Waals surface area contributed by atoms with Crippen molar-refractivity contribution in [1.29, 1.82) is 0 Å². The van der Waals surface area contributed by atoms with Gasteiger partial charge in [-0.25, -0.2) is 0 Å². The van der Waals surface area contributed by atoms with E-state index in [2.05, 4.69) is 37.7 Å². The Bertz CT molecular complexity index is 186. The highest BCUT2D eigenvalue weighted by atomic mass is 15.1. The third-order valence-electron chi connectivity index (χ3n) is 2.99. The molecule has 1 heterocycles. The van der Waals surface area contributed by atoms with E-state index in [9.17, 15) is 0 Å². The molecule has 0 aliphatic carbocycles. The molecular formula is C12H24N2. The van der Waals surface area contributed by atoms with E-state index < -0.39 is 0 Å². The molecule has 2 nitrogen and oxygen atoms in total. The van der Waals surface area contributed by atoms with Gasteiger partial charge in [0.25, 0.3) is 0 Å². The van der Waals surface area contributed by atoms with Gasteiger partial charge >= 0.3 is 0 Å². The highest BCUT2D eigenvalue weighted by molar-refractivity contribution is 5.79. The average molecular weight is 196 g/mol. The van der Waals surface area contributed by atoms with Crippen LogP contribution in [0.15, 0.2) is 4.99 Å². The quantitative estimate of drug-likeness (QED) is 0.633. The van der Waals surface area contributed by atoms with Crippen LogP contribution in [0.1, 0.15) is 40.0 Å². The molecule has 1 unspecified atom stereocenters. The van der Waals surface area contributed by atoms with Crippen molar-refractivity contribution in [3.63, 3.8) is 0 Å². The van der Waals surface area contributed by atoms with Crippen LogP contribution in [0.5, 0.6) is 0 Å². The topological polar surface area (TPSA) is 15.6 Å². The van der Waals surface area contributed by atoms with Gasteiger partial charge in [-0.1, -0.05) is 0 Å². The minimum Gasteiger partial charge on any atom is -0.306 e.